The number of hydrogen-bond acceptors (Lipinski definition) is 2. The first kappa shape index (κ1) is 14.6. The number of para-hydroxylation sites is 1. The van der Waals surface area contributed by atoms with Crippen molar-refractivity contribution < 1.29 is 9.53 Å². The second-order valence-electron chi connectivity index (χ2n) is 5.86. The van der Waals surface area contributed by atoms with E-state index in [0.717, 1.165) is 11.3 Å². The van der Waals surface area contributed by atoms with E-state index in [1.165, 1.54) is 0 Å². The first-order chi connectivity index (χ1) is 10.6. The molecule has 0 saturated carbocycles. The zero-order chi connectivity index (χ0) is 15.6. The highest BCUT2D eigenvalue weighted by atomic mass is 16.5. The number of benzene rings is 2. The Kier molecular flexibility index (Phi) is 3.86. The monoisotopic (exact) mass is 296 g/mol. The lowest BCUT2D eigenvalue weighted by Gasteiger charge is -2.44. The van der Waals surface area contributed by atoms with E-state index in [4.69, 9.17) is 4.74 Å². The molecule has 0 atom stereocenters. The average Bonchev–Trinajstić information content (AvgIpc) is 2.56. The van der Waals surface area contributed by atoms with Crippen LogP contribution in [0, 0.1) is 0 Å². The molecule has 1 heterocycles. The molecule has 4 nitrogen and oxygen atoms in total. The van der Waals surface area contributed by atoms with Crippen molar-refractivity contribution in [1.29, 1.82) is 0 Å². The minimum Gasteiger partial charge on any atom is -0.340 e. The van der Waals surface area contributed by atoms with Gasteiger partial charge in [-0.1, -0.05) is 48.5 Å². The first-order valence-electron chi connectivity index (χ1n) is 7.38. The molecule has 1 fully saturated rings. The van der Waals surface area contributed by atoms with Crippen LogP contribution in [-0.4, -0.2) is 24.4 Å². The van der Waals surface area contributed by atoms with E-state index in [2.05, 4.69) is 0 Å². The average molecular weight is 296 g/mol. The van der Waals surface area contributed by atoms with Crippen LogP contribution in [0.15, 0.2) is 60.7 Å². The Bertz CT molecular complexity index is 641. The van der Waals surface area contributed by atoms with Gasteiger partial charge < -0.3 is 4.74 Å². The van der Waals surface area contributed by atoms with Gasteiger partial charge in [-0.2, -0.15) is 0 Å². The first-order valence-corrected chi connectivity index (χ1v) is 7.38. The Balaban J connectivity index is 1.90. The van der Waals surface area contributed by atoms with Crippen LogP contribution in [0.4, 0.5) is 10.5 Å². The van der Waals surface area contributed by atoms with Crippen LogP contribution in [0.5, 0.6) is 0 Å². The molecule has 0 bridgehead atoms. The summed E-state index contributed by atoms with van der Waals surface area (Å²) in [5, 5.41) is 0. The Labute approximate surface area is 130 Å². The molecular formula is C18H20N2O2. The predicted octanol–water partition coefficient (Wildman–Crippen LogP) is 3.80. The van der Waals surface area contributed by atoms with Gasteiger partial charge in [0.05, 0.1) is 5.54 Å². The lowest BCUT2D eigenvalue weighted by atomic mass is 9.92. The van der Waals surface area contributed by atoms with Crippen LogP contribution in [0.1, 0.15) is 19.4 Å². The maximum atomic E-state index is 12.9. The van der Waals surface area contributed by atoms with Crippen LogP contribution >= 0.6 is 0 Å². The summed E-state index contributed by atoms with van der Waals surface area (Å²) in [5.74, 6) is 0. The molecule has 2 amide bonds. The summed E-state index contributed by atoms with van der Waals surface area (Å²) in [4.78, 5) is 16.3. The van der Waals surface area contributed by atoms with Gasteiger partial charge in [-0.05, 0) is 31.5 Å². The molecule has 0 spiro atoms. The molecule has 22 heavy (non-hydrogen) atoms. The SMILES string of the molecule is CC(C)(c1ccccc1)N1COCN(c2ccccc2)C1=O. The zero-order valence-electron chi connectivity index (χ0n) is 12.9. The van der Waals surface area contributed by atoms with Gasteiger partial charge in [-0.15, -0.1) is 0 Å². The van der Waals surface area contributed by atoms with E-state index in [1.807, 2.05) is 74.5 Å². The lowest BCUT2D eigenvalue weighted by Crippen LogP contribution is -2.57. The number of amides is 2. The van der Waals surface area contributed by atoms with Crippen molar-refractivity contribution in [3.8, 4) is 0 Å². The second kappa shape index (κ2) is 5.81. The molecule has 2 aromatic carbocycles. The van der Waals surface area contributed by atoms with E-state index in [1.54, 1.807) is 9.80 Å². The van der Waals surface area contributed by atoms with Crippen molar-refractivity contribution in [2.75, 3.05) is 18.4 Å². The number of anilines is 1. The minimum absolute atomic E-state index is 0.0358. The number of rotatable bonds is 3. The van der Waals surface area contributed by atoms with E-state index in [0.29, 0.717) is 6.73 Å². The third-order valence-corrected chi connectivity index (χ3v) is 4.13. The number of carbonyl (C=O) groups excluding carboxylic acids is 1. The third kappa shape index (κ3) is 2.57. The summed E-state index contributed by atoms with van der Waals surface area (Å²) in [6.07, 6.45) is 0. The Morgan fingerprint density at radius 2 is 1.50 bits per heavy atom. The molecular weight excluding hydrogens is 276 g/mol. The molecule has 0 unspecified atom stereocenters. The largest absolute Gasteiger partial charge is 0.340 e. The van der Waals surface area contributed by atoms with Gasteiger partial charge in [0.25, 0.3) is 0 Å². The number of hydrogen-bond donors (Lipinski definition) is 0. The smallest absolute Gasteiger partial charge is 0.328 e. The number of nitrogens with zero attached hydrogens (tertiary/aromatic N) is 2. The molecule has 4 heteroatoms. The summed E-state index contributed by atoms with van der Waals surface area (Å²) < 4.78 is 5.66. The Morgan fingerprint density at radius 1 is 0.909 bits per heavy atom. The van der Waals surface area contributed by atoms with Gasteiger partial charge in [-0.25, -0.2) is 4.79 Å². The maximum absolute atomic E-state index is 12.9. The molecule has 3 rings (SSSR count). The minimum atomic E-state index is -0.439. The van der Waals surface area contributed by atoms with Crippen LogP contribution in [0.3, 0.4) is 0 Å². The summed E-state index contributed by atoms with van der Waals surface area (Å²) in [6, 6.07) is 19.6. The maximum Gasteiger partial charge on any atom is 0.328 e. The fraction of sp³-hybridized carbons (Fsp3) is 0.278. The van der Waals surface area contributed by atoms with E-state index < -0.39 is 5.54 Å². The molecule has 1 aliphatic heterocycles. The van der Waals surface area contributed by atoms with Gasteiger partial charge >= 0.3 is 6.03 Å². The van der Waals surface area contributed by atoms with Crippen molar-refractivity contribution in [1.82, 2.24) is 4.90 Å². The quantitative estimate of drug-likeness (QED) is 0.863. The Morgan fingerprint density at radius 3 is 2.14 bits per heavy atom. The third-order valence-electron chi connectivity index (χ3n) is 4.13. The molecule has 2 aromatic rings. The van der Waals surface area contributed by atoms with Gasteiger partial charge in [0.15, 0.2) is 0 Å². The van der Waals surface area contributed by atoms with Gasteiger partial charge in [-0.3, -0.25) is 9.80 Å². The molecule has 114 valence electrons. The lowest BCUT2D eigenvalue weighted by molar-refractivity contribution is -0.0195. The summed E-state index contributed by atoms with van der Waals surface area (Å²) >= 11 is 0. The van der Waals surface area contributed by atoms with E-state index >= 15 is 0 Å². The van der Waals surface area contributed by atoms with Gasteiger partial charge in [0.2, 0.25) is 0 Å². The highest BCUT2D eigenvalue weighted by Crippen LogP contribution is 2.31. The zero-order valence-corrected chi connectivity index (χ0v) is 12.9. The van der Waals surface area contributed by atoms with Crippen molar-refractivity contribution in [2.45, 2.75) is 19.4 Å². The van der Waals surface area contributed by atoms with Crippen molar-refractivity contribution in [2.24, 2.45) is 0 Å². The van der Waals surface area contributed by atoms with Crippen LogP contribution < -0.4 is 4.90 Å². The summed E-state index contributed by atoms with van der Waals surface area (Å²) in [5.41, 5.74) is 1.49. The number of ether oxygens (including phenoxy) is 1. The number of carbonyl (C=O) groups is 1. The summed E-state index contributed by atoms with van der Waals surface area (Å²) in [6.45, 7) is 4.66. The van der Waals surface area contributed by atoms with Gasteiger partial charge in [0.1, 0.15) is 13.5 Å². The molecule has 0 aromatic heterocycles. The van der Waals surface area contributed by atoms with Crippen LogP contribution in [-0.2, 0) is 10.3 Å². The van der Waals surface area contributed by atoms with Crippen molar-refractivity contribution in [3.63, 3.8) is 0 Å². The van der Waals surface area contributed by atoms with E-state index in [-0.39, 0.29) is 12.8 Å². The normalized spacial score (nSPS) is 16.0. The molecule has 0 radical (unpaired) electrons. The fourth-order valence-electron chi connectivity index (χ4n) is 2.67. The van der Waals surface area contributed by atoms with Crippen molar-refractivity contribution in [3.05, 3.63) is 66.2 Å². The highest BCUT2D eigenvalue weighted by molar-refractivity contribution is 5.92. The molecule has 0 aliphatic carbocycles. The van der Waals surface area contributed by atoms with Crippen LogP contribution in [0.25, 0.3) is 0 Å². The molecule has 1 aliphatic rings. The number of urea groups is 1. The molecule has 0 N–H and O–H groups in total. The highest BCUT2D eigenvalue weighted by Gasteiger charge is 2.38. The topological polar surface area (TPSA) is 32.8 Å². The van der Waals surface area contributed by atoms with Crippen LogP contribution in [0.2, 0.25) is 0 Å². The molecule has 1 saturated heterocycles. The Hall–Kier alpha value is -2.33. The fourth-order valence-corrected chi connectivity index (χ4v) is 2.67. The van der Waals surface area contributed by atoms with E-state index in [9.17, 15) is 4.79 Å². The van der Waals surface area contributed by atoms with Crippen molar-refractivity contribution >= 4 is 11.7 Å². The van der Waals surface area contributed by atoms with Gasteiger partial charge in [0, 0.05) is 5.69 Å². The summed E-state index contributed by atoms with van der Waals surface area (Å²) in [7, 11) is 0. The predicted molar refractivity (Wildman–Crippen MR) is 86.4 cm³/mol. The second-order valence-corrected chi connectivity index (χ2v) is 5.86. The standard InChI is InChI=1S/C18H20N2O2/c1-18(2,15-9-5-3-6-10-15)20-14-22-13-19(17(20)21)16-11-7-4-8-12-16/h3-12H,13-14H2,1-2H3.